The molecule has 1 fully saturated rings. The Hall–Kier alpha value is -2.76. The molecule has 3 amide bonds. The van der Waals surface area contributed by atoms with Gasteiger partial charge in [0.2, 0.25) is 5.91 Å². The van der Waals surface area contributed by atoms with Crippen LogP contribution in [0.2, 0.25) is 0 Å². The Morgan fingerprint density at radius 3 is 2.87 bits per heavy atom. The van der Waals surface area contributed by atoms with E-state index in [1.165, 1.54) is 11.0 Å². The first-order valence-corrected chi connectivity index (χ1v) is 10.5. The number of nitrogens with zero attached hydrogens (tertiary/aromatic N) is 3. The van der Waals surface area contributed by atoms with Gasteiger partial charge in [-0.3, -0.25) is 15.0 Å². The Morgan fingerprint density at radius 2 is 2.16 bits per heavy atom. The first kappa shape index (κ1) is 21.5. The first-order valence-electron chi connectivity index (χ1n) is 9.66. The van der Waals surface area contributed by atoms with E-state index in [4.69, 9.17) is 0 Å². The third-order valence-corrected chi connectivity index (χ3v) is 5.89. The highest BCUT2D eigenvalue weighted by atomic mass is 79.9. The highest BCUT2D eigenvalue weighted by Crippen LogP contribution is 2.33. The molecule has 1 saturated heterocycles. The molecule has 1 aromatic rings. The van der Waals surface area contributed by atoms with E-state index >= 15 is 0 Å². The molecule has 31 heavy (non-hydrogen) atoms. The highest BCUT2D eigenvalue weighted by Gasteiger charge is 2.43. The smallest absolute Gasteiger partial charge is 0.366 e. The lowest BCUT2D eigenvalue weighted by molar-refractivity contribution is -0.158. The number of allylic oxidation sites excluding steroid dienone is 1. The number of aromatic nitrogens is 1. The Kier molecular flexibility index (Phi) is 5.58. The van der Waals surface area contributed by atoms with E-state index in [2.05, 4.69) is 36.4 Å². The number of alkyl halides is 3. The Labute approximate surface area is 184 Å². The van der Waals surface area contributed by atoms with Crippen LogP contribution >= 0.6 is 15.9 Å². The van der Waals surface area contributed by atoms with Crippen molar-refractivity contribution in [1.82, 2.24) is 25.4 Å². The number of fused-ring (bicyclic) bond motifs is 3. The predicted molar refractivity (Wildman–Crippen MR) is 110 cm³/mol. The average Bonchev–Trinajstić information content (AvgIpc) is 3.11. The van der Waals surface area contributed by atoms with Gasteiger partial charge >= 0.3 is 12.2 Å². The van der Waals surface area contributed by atoms with E-state index in [-0.39, 0.29) is 6.04 Å². The van der Waals surface area contributed by atoms with Gasteiger partial charge in [-0.15, -0.1) is 0 Å². The summed E-state index contributed by atoms with van der Waals surface area (Å²) in [6, 6.07) is -0.218. The molecule has 4 rings (SSSR count). The number of hydrogen-bond acceptors (Lipinski definition) is 5. The van der Waals surface area contributed by atoms with Crippen molar-refractivity contribution in [3.63, 3.8) is 0 Å². The zero-order chi connectivity index (χ0) is 22.3. The summed E-state index contributed by atoms with van der Waals surface area (Å²) in [4.78, 5) is 33.2. The largest absolute Gasteiger partial charge is 0.408 e. The molecular formula is C19H20BrF3N6O2. The molecule has 3 atom stereocenters. The second-order valence-corrected chi connectivity index (χ2v) is 8.45. The molecule has 0 saturated carbocycles. The van der Waals surface area contributed by atoms with Crippen molar-refractivity contribution in [1.29, 1.82) is 0 Å². The number of amides is 3. The van der Waals surface area contributed by atoms with Crippen LogP contribution in [0.5, 0.6) is 0 Å². The van der Waals surface area contributed by atoms with E-state index in [1.54, 1.807) is 24.4 Å². The maximum Gasteiger partial charge on any atom is 0.408 e. The molecule has 0 aliphatic carbocycles. The highest BCUT2D eigenvalue weighted by molar-refractivity contribution is 9.10. The van der Waals surface area contributed by atoms with Crippen molar-refractivity contribution < 1.29 is 22.8 Å². The van der Waals surface area contributed by atoms with Crippen LogP contribution < -0.4 is 16.0 Å². The molecule has 8 nitrogen and oxygen atoms in total. The van der Waals surface area contributed by atoms with Gasteiger partial charge in [0.25, 0.3) is 0 Å². The fourth-order valence-electron chi connectivity index (χ4n) is 3.79. The fourth-order valence-corrected chi connectivity index (χ4v) is 4.12. The molecule has 166 valence electrons. The molecule has 1 unspecified atom stereocenters. The van der Waals surface area contributed by atoms with Gasteiger partial charge in [-0.2, -0.15) is 13.2 Å². The van der Waals surface area contributed by atoms with Crippen molar-refractivity contribution in [3.8, 4) is 0 Å². The third kappa shape index (κ3) is 4.34. The summed E-state index contributed by atoms with van der Waals surface area (Å²) >= 11 is 3.33. The van der Waals surface area contributed by atoms with Crippen molar-refractivity contribution in [2.24, 2.45) is 0 Å². The minimum Gasteiger partial charge on any atom is -0.366 e. The molecule has 12 heteroatoms. The molecule has 4 heterocycles. The van der Waals surface area contributed by atoms with Gasteiger partial charge in [0.05, 0.1) is 11.7 Å². The van der Waals surface area contributed by atoms with E-state index < -0.39 is 30.2 Å². The first-order chi connectivity index (χ1) is 14.6. The Bertz CT molecular complexity index is 966. The summed E-state index contributed by atoms with van der Waals surface area (Å²) in [7, 11) is 0. The molecular weight excluding hydrogens is 481 g/mol. The number of rotatable bonds is 3. The van der Waals surface area contributed by atoms with Crippen molar-refractivity contribution in [2.45, 2.75) is 37.6 Å². The summed E-state index contributed by atoms with van der Waals surface area (Å²) < 4.78 is 39.2. The van der Waals surface area contributed by atoms with Crippen molar-refractivity contribution in [2.75, 3.05) is 18.4 Å². The normalized spacial score (nSPS) is 23.3. The number of hydrogen-bond donors (Lipinski definition) is 3. The van der Waals surface area contributed by atoms with Gasteiger partial charge in [0.1, 0.15) is 23.7 Å². The Morgan fingerprint density at radius 1 is 1.39 bits per heavy atom. The molecule has 3 aliphatic rings. The number of urea groups is 1. The van der Waals surface area contributed by atoms with Gasteiger partial charge in [-0.25, -0.2) is 9.78 Å². The van der Waals surface area contributed by atoms with Crippen LogP contribution in [-0.2, 0) is 4.79 Å². The van der Waals surface area contributed by atoms with Gasteiger partial charge < -0.3 is 15.5 Å². The number of nitrogens with one attached hydrogen (secondary N) is 3. The standard InChI is InChI=1S/C19H20BrF3N6O2/c1-10(19(21,22)23)25-17(30)13-2-3-14-16(26-13)29(12-5-7-28(14)9-12)18(31)27-15-8-11(20)4-6-24-15/h2-4,6,8,10,12-13,26H,5,7,9H2,1H3,(H,25,30)(H,24,27,31)/t10-,12-,13?/m0/s1. The monoisotopic (exact) mass is 500 g/mol. The van der Waals surface area contributed by atoms with Crippen molar-refractivity contribution >= 4 is 33.7 Å². The van der Waals surface area contributed by atoms with Gasteiger partial charge in [0.15, 0.2) is 0 Å². The topological polar surface area (TPSA) is 89.6 Å². The zero-order valence-corrected chi connectivity index (χ0v) is 18.0. The predicted octanol–water partition coefficient (Wildman–Crippen LogP) is 2.53. The molecule has 1 aromatic heterocycles. The number of pyridine rings is 1. The van der Waals surface area contributed by atoms with E-state index in [9.17, 15) is 22.8 Å². The molecule has 0 radical (unpaired) electrons. The van der Waals surface area contributed by atoms with Gasteiger partial charge in [-0.05, 0) is 31.6 Å². The van der Waals surface area contributed by atoms with Crippen LogP contribution in [0.4, 0.5) is 23.8 Å². The minimum absolute atomic E-state index is 0.136. The summed E-state index contributed by atoms with van der Waals surface area (Å²) in [6.07, 6.45) is 0.901. The summed E-state index contributed by atoms with van der Waals surface area (Å²) in [5.74, 6) is -0.0836. The molecule has 0 spiro atoms. The lowest BCUT2D eigenvalue weighted by Gasteiger charge is -2.41. The van der Waals surface area contributed by atoms with Crippen LogP contribution in [0.15, 0.2) is 46.5 Å². The summed E-state index contributed by atoms with van der Waals surface area (Å²) in [5, 5.41) is 7.66. The lowest BCUT2D eigenvalue weighted by Crippen LogP contribution is -2.57. The van der Waals surface area contributed by atoms with Gasteiger partial charge in [0, 0.05) is 23.8 Å². The molecule has 3 aliphatic heterocycles. The number of anilines is 1. The van der Waals surface area contributed by atoms with Crippen molar-refractivity contribution in [3.05, 3.63) is 46.5 Å². The quantitative estimate of drug-likeness (QED) is 0.593. The number of carbonyl (C=O) groups is 2. The number of carbonyl (C=O) groups excluding carboxylic acids is 2. The van der Waals surface area contributed by atoms with Crippen LogP contribution in [0.3, 0.4) is 0 Å². The second kappa shape index (κ2) is 8.06. The lowest BCUT2D eigenvalue weighted by atomic mass is 10.1. The maximum absolute atomic E-state index is 13.1. The van der Waals surface area contributed by atoms with Crippen LogP contribution in [0.25, 0.3) is 0 Å². The minimum atomic E-state index is -4.54. The summed E-state index contributed by atoms with van der Waals surface area (Å²) in [6.45, 7) is 2.25. The summed E-state index contributed by atoms with van der Waals surface area (Å²) in [5.41, 5.74) is 0.721. The average molecular weight is 501 g/mol. The van der Waals surface area contributed by atoms with E-state index in [0.717, 1.165) is 30.1 Å². The SMILES string of the molecule is C[C@H](NC(=O)C1C=CC2=C(N1)N(C(=O)Nc1cc(Br)ccn1)[C@H]1CCN2C1)C(F)(F)F. The molecule has 3 N–H and O–H groups in total. The van der Waals surface area contributed by atoms with Crippen LogP contribution in [0, 0.1) is 0 Å². The fraction of sp³-hybridized carbons (Fsp3) is 0.421. The zero-order valence-electron chi connectivity index (χ0n) is 16.4. The second-order valence-electron chi connectivity index (χ2n) is 7.53. The molecule has 0 aromatic carbocycles. The molecule has 2 bridgehead atoms. The van der Waals surface area contributed by atoms with E-state index in [1.807, 2.05) is 5.32 Å². The third-order valence-electron chi connectivity index (χ3n) is 5.40. The van der Waals surface area contributed by atoms with Crippen LogP contribution in [-0.4, -0.2) is 64.1 Å². The Balaban J connectivity index is 1.54. The maximum atomic E-state index is 13.1. The number of halogens is 4. The van der Waals surface area contributed by atoms with E-state index in [0.29, 0.717) is 18.2 Å². The van der Waals surface area contributed by atoms with Gasteiger partial charge in [-0.1, -0.05) is 22.0 Å². The van der Waals surface area contributed by atoms with Crippen LogP contribution in [0.1, 0.15) is 13.3 Å². The number of dihydropyridines is 1.